The molecule has 0 heterocycles. The molecule has 0 N–H and O–H groups in total. The first-order valence-corrected chi connectivity index (χ1v) is 19.2. The quantitative estimate of drug-likeness (QED) is 0.138. The number of nitrogens with zero attached hydrogens (tertiary/aromatic N) is 3. The van der Waals surface area contributed by atoms with Gasteiger partial charge in [0.2, 0.25) is 0 Å². The molecule has 2 saturated carbocycles. The molecule has 2 aliphatic rings. The molecule has 3 nitrogen and oxygen atoms in total. The summed E-state index contributed by atoms with van der Waals surface area (Å²) in [6, 6.07) is 9.73. The van der Waals surface area contributed by atoms with Crippen LogP contribution in [0.15, 0.2) is 65.3 Å². The van der Waals surface area contributed by atoms with Crippen LogP contribution in [-0.2, 0) is 0 Å². The maximum absolute atomic E-state index is 4.84. The van der Waals surface area contributed by atoms with Crippen LogP contribution in [0.2, 0.25) is 0 Å². The van der Waals surface area contributed by atoms with E-state index in [1.807, 2.05) is 14.0 Å². The normalized spacial score (nSPS) is 21.2. The summed E-state index contributed by atoms with van der Waals surface area (Å²) in [5.74, 6) is 2.48. The minimum atomic E-state index is 0.126. The van der Waals surface area contributed by atoms with Gasteiger partial charge in [0.25, 0.3) is 0 Å². The lowest BCUT2D eigenvalue weighted by Gasteiger charge is -2.53. The fourth-order valence-corrected chi connectivity index (χ4v) is 7.47. The average molecular weight is 646 g/mol. The maximum atomic E-state index is 4.84. The molecule has 266 valence electrons. The lowest BCUT2D eigenvalue weighted by molar-refractivity contribution is 0.0336. The van der Waals surface area contributed by atoms with Crippen molar-refractivity contribution >= 4 is 18.0 Å². The monoisotopic (exact) mass is 646 g/mol. The Bertz CT molecular complexity index is 1080. The van der Waals surface area contributed by atoms with Crippen LogP contribution in [0.3, 0.4) is 0 Å². The predicted octanol–water partition coefficient (Wildman–Crippen LogP) is 13.5. The second kappa shape index (κ2) is 23.0. The summed E-state index contributed by atoms with van der Waals surface area (Å²) in [7, 11) is 3.46. The van der Waals surface area contributed by atoms with Gasteiger partial charge in [-0.25, -0.2) is 0 Å². The van der Waals surface area contributed by atoms with Crippen LogP contribution >= 0.6 is 0 Å². The highest BCUT2D eigenvalue weighted by atomic mass is 15.2. The van der Waals surface area contributed by atoms with Crippen molar-refractivity contribution in [3.8, 4) is 0 Å². The van der Waals surface area contributed by atoms with Crippen molar-refractivity contribution in [1.82, 2.24) is 4.90 Å². The van der Waals surface area contributed by atoms with Crippen LogP contribution in [0.5, 0.6) is 0 Å². The molecule has 3 heteroatoms. The molecule has 0 amide bonds. The van der Waals surface area contributed by atoms with E-state index >= 15 is 0 Å². The number of aliphatic imine (C=N–C) groups is 2. The van der Waals surface area contributed by atoms with Crippen molar-refractivity contribution in [3.63, 3.8) is 0 Å². The van der Waals surface area contributed by atoms with Gasteiger partial charge >= 0.3 is 0 Å². The number of benzene rings is 1. The highest BCUT2D eigenvalue weighted by Gasteiger charge is 2.41. The summed E-state index contributed by atoms with van der Waals surface area (Å²) in [5, 5.41) is 0. The molecule has 2 unspecified atom stereocenters. The SMILES string of the molecule is C=C(CC1CCCCC1)C(=C)N(C(CCCC)c1ccc(C(=C)CC)cc1)C1(C)CCC(C(C)CC)CC1.C=NC.CCC(C)=NC. The van der Waals surface area contributed by atoms with Crippen LogP contribution in [0.25, 0.3) is 5.57 Å². The molecule has 47 heavy (non-hydrogen) atoms. The molecule has 2 fully saturated rings. The molecule has 0 aromatic heterocycles. The Kier molecular flexibility index (Phi) is 20.9. The molecule has 2 atom stereocenters. The highest BCUT2D eigenvalue weighted by Crippen LogP contribution is 2.47. The van der Waals surface area contributed by atoms with Crippen LogP contribution in [-0.4, -0.2) is 37.0 Å². The zero-order valence-electron chi connectivity index (χ0n) is 32.6. The van der Waals surface area contributed by atoms with E-state index < -0.39 is 0 Å². The predicted molar refractivity (Wildman–Crippen MR) is 214 cm³/mol. The zero-order chi connectivity index (χ0) is 35.4. The summed E-state index contributed by atoms with van der Waals surface area (Å²) in [6.07, 6.45) is 20.2. The Morgan fingerprint density at radius 2 is 1.49 bits per heavy atom. The van der Waals surface area contributed by atoms with Gasteiger partial charge in [-0.3, -0.25) is 4.99 Å². The van der Waals surface area contributed by atoms with Crippen molar-refractivity contribution in [3.05, 3.63) is 66.4 Å². The summed E-state index contributed by atoms with van der Waals surface area (Å²) in [4.78, 5) is 9.97. The van der Waals surface area contributed by atoms with Crippen LogP contribution < -0.4 is 0 Å². The summed E-state index contributed by atoms with van der Waals surface area (Å²) in [6.45, 7) is 33.0. The van der Waals surface area contributed by atoms with E-state index in [4.69, 9.17) is 13.2 Å². The third-order valence-corrected chi connectivity index (χ3v) is 11.3. The van der Waals surface area contributed by atoms with E-state index in [1.165, 1.54) is 117 Å². The third kappa shape index (κ3) is 13.9. The fourth-order valence-electron chi connectivity index (χ4n) is 7.47. The van der Waals surface area contributed by atoms with Crippen LogP contribution in [0.4, 0.5) is 0 Å². The molecule has 1 aromatic rings. The molecule has 0 bridgehead atoms. The minimum absolute atomic E-state index is 0.126. The van der Waals surface area contributed by atoms with Crippen molar-refractivity contribution in [2.45, 2.75) is 163 Å². The molecule has 1 aromatic carbocycles. The number of hydrogen-bond acceptors (Lipinski definition) is 3. The standard InChI is InChI=1S/C37H59N.C5H11N.C2H5N/c1-9-12-18-36(35-21-19-33(20-22-35)28(4)10-2)38(31(7)30(6)27-32-16-14-13-15-17-32)37(8)25-23-34(24-26-37)29(5)11-3;1-4-5(2)6-3;1-3-2/h19-22,29,32,34,36H,4,6-7,9-18,23-27H2,1-3,5,8H3;4H2,1-3H3;1H2,2H3. The summed E-state index contributed by atoms with van der Waals surface area (Å²) in [5.41, 5.74) is 7.79. The highest BCUT2D eigenvalue weighted by molar-refractivity contribution is 5.81. The molecule has 2 aliphatic carbocycles. The molecule has 0 spiro atoms. The Hall–Kier alpha value is -2.42. The first kappa shape index (κ1) is 42.6. The van der Waals surface area contributed by atoms with E-state index in [0.29, 0.717) is 6.04 Å². The summed E-state index contributed by atoms with van der Waals surface area (Å²) >= 11 is 0. The van der Waals surface area contributed by atoms with Gasteiger partial charge in [-0.05, 0) is 112 Å². The van der Waals surface area contributed by atoms with Gasteiger partial charge in [0.05, 0.1) is 6.04 Å². The molecular weight excluding hydrogens is 571 g/mol. The molecular formula is C44H75N3. The maximum Gasteiger partial charge on any atom is 0.0548 e. The molecule has 3 rings (SSSR count). The van der Waals surface area contributed by atoms with Gasteiger partial charge in [-0.1, -0.05) is 130 Å². The lowest BCUT2D eigenvalue weighted by Crippen LogP contribution is -2.50. The number of unbranched alkanes of at least 4 members (excludes halogenated alkanes) is 1. The zero-order valence-corrected chi connectivity index (χ0v) is 32.6. The van der Waals surface area contributed by atoms with Crippen molar-refractivity contribution in [1.29, 1.82) is 0 Å². The van der Waals surface area contributed by atoms with Crippen molar-refractivity contribution < 1.29 is 0 Å². The van der Waals surface area contributed by atoms with Gasteiger partial charge in [0, 0.05) is 31.0 Å². The molecule has 0 saturated heterocycles. The Morgan fingerprint density at radius 1 is 0.915 bits per heavy atom. The van der Waals surface area contributed by atoms with E-state index in [0.717, 1.165) is 37.0 Å². The van der Waals surface area contributed by atoms with Gasteiger partial charge in [0.1, 0.15) is 0 Å². The number of rotatable bonds is 15. The number of hydrogen-bond donors (Lipinski definition) is 0. The van der Waals surface area contributed by atoms with E-state index in [-0.39, 0.29) is 5.54 Å². The topological polar surface area (TPSA) is 28.0 Å². The first-order chi connectivity index (χ1) is 22.5. The second-order valence-electron chi connectivity index (χ2n) is 14.7. The summed E-state index contributed by atoms with van der Waals surface area (Å²) < 4.78 is 0. The molecule has 0 radical (unpaired) electrons. The molecule has 0 aliphatic heterocycles. The fraction of sp³-hybridized carbons (Fsp3) is 0.682. The Labute approximate surface area is 293 Å². The Balaban J connectivity index is 0.00000108. The van der Waals surface area contributed by atoms with Crippen molar-refractivity contribution in [2.24, 2.45) is 27.7 Å². The second-order valence-corrected chi connectivity index (χ2v) is 14.7. The van der Waals surface area contributed by atoms with E-state index in [1.54, 1.807) is 7.05 Å². The lowest BCUT2D eigenvalue weighted by atomic mass is 9.70. The van der Waals surface area contributed by atoms with E-state index in [9.17, 15) is 0 Å². The van der Waals surface area contributed by atoms with Gasteiger partial charge in [-0.15, -0.1) is 0 Å². The van der Waals surface area contributed by atoms with Gasteiger partial charge in [-0.2, -0.15) is 0 Å². The van der Waals surface area contributed by atoms with E-state index in [2.05, 4.69) is 94.0 Å². The Morgan fingerprint density at radius 3 is 1.94 bits per heavy atom. The number of allylic oxidation sites excluding steroid dienone is 2. The van der Waals surface area contributed by atoms with Crippen LogP contribution in [0.1, 0.15) is 168 Å². The van der Waals surface area contributed by atoms with Gasteiger partial charge in [0.15, 0.2) is 0 Å². The van der Waals surface area contributed by atoms with Gasteiger partial charge < -0.3 is 9.89 Å². The van der Waals surface area contributed by atoms with Crippen LogP contribution in [0, 0.1) is 17.8 Å². The average Bonchev–Trinajstić information content (AvgIpc) is 3.10. The smallest absolute Gasteiger partial charge is 0.0548 e. The van der Waals surface area contributed by atoms with Crippen molar-refractivity contribution in [2.75, 3.05) is 14.1 Å². The largest absolute Gasteiger partial charge is 0.359 e. The first-order valence-electron chi connectivity index (χ1n) is 19.2. The third-order valence-electron chi connectivity index (χ3n) is 11.3. The minimum Gasteiger partial charge on any atom is -0.359 e.